The average Bonchev–Trinajstić information content (AvgIpc) is 2.80. The fraction of sp³-hybridized carbons (Fsp3) is 0.214. The van der Waals surface area contributed by atoms with E-state index in [0.29, 0.717) is 5.02 Å². The Morgan fingerprint density at radius 3 is 2.50 bits per heavy atom. The SMILES string of the molecule is CO/N=C(\C(=O)OC)n1nc(C)c(I)c1-c1ccc(Cl)cc1. The number of methoxy groups -OCH3 is 1. The van der Waals surface area contributed by atoms with Crippen molar-refractivity contribution in [1.82, 2.24) is 9.78 Å². The number of carbonyl (C=O) groups excluding carboxylic acids is 1. The van der Waals surface area contributed by atoms with E-state index in [-0.39, 0.29) is 5.84 Å². The zero-order valence-corrected chi connectivity index (χ0v) is 15.0. The maximum absolute atomic E-state index is 11.9. The van der Waals surface area contributed by atoms with Gasteiger partial charge in [-0.25, -0.2) is 9.48 Å². The van der Waals surface area contributed by atoms with Crippen molar-refractivity contribution in [2.45, 2.75) is 6.92 Å². The number of nitrogens with zero attached hydrogens (tertiary/aromatic N) is 3. The van der Waals surface area contributed by atoms with E-state index < -0.39 is 5.97 Å². The van der Waals surface area contributed by atoms with Crippen molar-refractivity contribution in [2.24, 2.45) is 5.16 Å². The molecule has 1 aromatic carbocycles. The number of halogens is 2. The van der Waals surface area contributed by atoms with Crippen LogP contribution in [0.15, 0.2) is 29.4 Å². The molecule has 2 rings (SSSR count). The van der Waals surface area contributed by atoms with Crippen LogP contribution in [0.5, 0.6) is 0 Å². The zero-order chi connectivity index (χ0) is 16.3. The van der Waals surface area contributed by atoms with E-state index in [9.17, 15) is 4.79 Å². The second-order valence-electron chi connectivity index (χ2n) is 4.26. The number of esters is 1. The summed E-state index contributed by atoms with van der Waals surface area (Å²) in [5.74, 6) is -0.697. The highest BCUT2D eigenvalue weighted by Crippen LogP contribution is 2.29. The van der Waals surface area contributed by atoms with Gasteiger partial charge in [0, 0.05) is 10.6 Å². The molecule has 6 nitrogen and oxygen atoms in total. The Hall–Kier alpha value is -1.61. The summed E-state index contributed by atoms with van der Waals surface area (Å²) in [7, 11) is 2.63. The summed E-state index contributed by atoms with van der Waals surface area (Å²) in [5.41, 5.74) is 2.33. The highest BCUT2D eigenvalue weighted by atomic mass is 127. The molecule has 0 saturated heterocycles. The second kappa shape index (κ2) is 7.10. The molecule has 1 heterocycles. The van der Waals surface area contributed by atoms with E-state index in [0.717, 1.165) is 20.5 Å². The molecule has 0 spiro atoms. The summed E-state index contributed by atoms with van der Waals surface area (Å²) in [6.07, 6.45) is 0. The summed E-state index contributed by atoms with van der Waals surface area (Å²) in [6.45, 7) is 1.85. The highest BCUT2D eigenvalue weighted by molar-refractivity contribution is 14.1. The van der Waals surface area contributed by atoms with Crippen molar-refractivity contribution in [2.75, 3.05) is 14.2 Å². The molecule has 0 aliphatic rings. The van der Waals surface area contributed by atoms with Crippen LogP contribution in [-0.2, 0) is 14.4 Å². The summed E-state index contributed by atoms with van der Waals surface area (Å²) >= 11 is 8.10. The first-order chi connectivity index (χ1) is 10.5. The van der Waals surface area contributed by atoms with Gasteiger partial charge in [-0.3, -0.25) is 0 Å². The number of aryl methyl sites for hydroxylation is 1. The predicted octanol–water partition coefficient (Wildman–Crippen LogP) is 3.10. The predicted molar refractivity (Wildman–Crippen MR) is 92.0 cm³/mol. The van der Waals surface area contributed by atoms with Gasteiger partial charge >= 0.3 is 5.97 Å². The molecule has 0 unspecified atom stereocenters. The lowest BCUT2D eigenvalue weighted by Crippen LogP contribution is -2.26. The van der Waals surface area contributed by atoms with Gasteiger partial charge in [0.1, 0.15) is 7.11 Å². The van der Waals surface area contributed by atoms with Crippen LogP contribution >= 0.6 is 34.2 Å². The lowest BCUT2D eigenvalue weighted by atomic mass is 10.1. The zero-order valence-electron chi connectivity index (χ0n) is 12.1. The van der Waals surface area contributed by atoms with E-state index in [4.69, 9.17) is 21.2 Å². The molecule has 0 radical (unpaired) electrons. The molecular formula is C14H13ClIN3O3. The van der Waals surface area contributed by atoms with Crippen LogP contribution in [0.4, 0.5) is 0 Å². The van der Waals surface area contributed by atoms with Gasteiger partial charge in [0.05, 0.1) is 22.1 Å². The third-order valence-electron chi connectivity index (χ3n) is 2.85. The molecule has 0 aliphatic carbocycles. The Kier molecular flexibility index (Phi) is 5.41. The fourth-order valence-electron chi connectivity index (χ4n) is 1.86. The molecule has 0 atom stereocenters. The van der Waals surface area contributed by atoms with Crippen LogP contribution in [0, 0.1) is 10.5 Å². The highest BCUT2D eigenvalue weighted by Gasteiger charge is 2.24. The number of hydrogen-bond donors (Lipinski definition) is 0. The van der Waals surface area contributed by atoms with Crippen LogP contribution in [-0.4, -0.2) is 35.8 Å². The van der Waals surface area contributed by atoms with Crippen molar-refractivity contribution in [3.8, 4) is 11.3 Å². The number of rotatable bonds is 2. The maximum atomic E-state index is 11.9. The van der Waals surface area contributed by atoms with Gasteiger partial charge in [0.25, 0.3) is 5.84 Å². The van der Waals surface area contributed by atoms with Gasteiger partial charge in [-0.1, -0.05) is 28.9 Å². The quantitative estimate of drug-likeness (QED) is 0.240. The molecule has 0 N–H and O–H groups in total. The molecular weight excluding hydrogens is 421 g/mol. The number of carbonyl (C=O) groups is 1. The van der Waals surface area contributed by atoms with E-state index in [1.807, 2.05) is 19.1 Å². The van der Waals surface area contributed by atoms with Crippen LogP contribution in [0.1, 0.15) is 5.69 Å². The van der Waals surface area contributed by atoms with Crippen LogP contribution < -0.4 is 0 Å². The summed E-state index contributed by atoms with van der Waals surface area (Å²) in [5, 5.41) is 8.72. The van der Waals surface area contributed by atoms with Crippen molar-refractivity contribution < 1.29 is 14.4 Å². The smallest absolute Gasteiger partial charge is 0.379 e. The first kappa shape index (κ1) is 16.8. The third kappa shape index (κ3) is 3.25. The molecule has 1 aromatic heterocycles. The Morgan fingerprint density at radius 2 is 1.95 bits per heavy atom. The number of benzene rings is 1. The minimum absolute atomic E-state index is 0.0547. The van der Waals surface area contributed by atoms with E-state index in [1.165, 1.54) is 18.9 Å². The normalized spacial score (nSPS) is 11.4. The molecule has 2 aromatic rings. The first-order valence-corrected chi connectivity index (χ1v) is 7.66. The molecule has 0 amide bonds. The van der Waals surface area contributed by atoms with E-state index in [2.05, 4.69) is 32.8 Å². The van der Waals surface area contributed by atoms with Crippen molar-refractivity contribution in [3.05, 3.63) is 38.6 Å². The topological polar surface area (TPSA) is 65.7 Å². The van der Waals surface area contributed by atoms with Crippen molar-refractivity contribution >= 4 is 46.0 Å². The standard InChI is InChI=1S/C14H13ClIN3O3/c1-8-11(16)12(9-4-6-10(15)7-5-9)19(17-8)13(18-22-3)14(20)21-2/h4-7H,1-3H3/b18-13+. The van der Waals surface area contributed by atoms with Gasteiger partial charge in [0.15, 0.2) is 0 Å². The molecule has 0 bridgehead atoms. The number of oxime groups is 1. The third-order valence-corrected chi connectivity index (χ3v) is 4.39. The fourth-order valence-corrected chi connectivity index (χ4v) is 2.63. The number of aromatic nitrogens is 2. The van der Waals surface area contributed by atoms with Crippen LogP contribution in [0.3, 0.4) is 0 Å². The van der Waals surface area contributed by atoms with Gasteiger partial charge < -0.3 is 9.57 Å². The number of ether oxygens (including phenoxy) is 1. The number of hydrogen-bond acceptors (Lipinski definition) is 5. The molecule has 0 aliphatic heterocycles. The lowest BCUT2D eigenvalue weighted by Gasteiger charge is -2.09. The summed E-state index contributed by atoms with van der Waals surface area (Å²) in [6, 6.07) is 7.23. The largest absolute Gasteiger partial charge is 0.463 e. The minimum Gasteiger partial charge on any atom is -0.463 e. The van der Waals surface area contributed by atoms with Crippen LogP contribution in [0.2, 0.25) is 5.02 Å². The van der Waals surface area contributed by atoms with Gasteiger partial charge in [-0.05, 0) is 41.6 Å². The molecule has 116 valence electrons. The van der Waals surface area contributed by atoms with Crippen molar-refractivity contribution in [3.63, 3.8) is 0 Å². The van der Waals surface area contributed by atoms with Gasteiger partial charge in [0.2, 0.25) is 0 Å². The Morgan fingerprint density at radius 1 is 1.32 bits per heavy atom. The maximum Gasteiger partial charge on any atom is 0.379 e. The first-order valence-electron chi connectivity index (χ1n) is 6.20. The molecule has 22 heavy (non-hydrogen) atoms. The summed E-state index contributed by atoms with van der Waals surface area (Å²) < 4.78 is 7.05. The van der Waals surface area contributed by atoms with Gasteiger partial charge in [-0.2, -0.15) is 5.10 Å². The Bertz CT molecular complexity index is 726. The minimum atomic E-state index is -0.643. The molecule has 0 fully saturated rings. The van der Waals surface area contributed by atoms with Crippen molar-refractivity contribution in [1.29, 1.82) is 0 Å². The molecule has 0 saturated carbocycles. The second-order valence-corrected chi connectivity index (χ2v) is 5.77. The Balaban J connectivity index is 2.67. The molecule has 8 heteroatoms. The van der Waals surface area contributed by atoms with E-state index in [1.54, 1.807) is 12.1 Å². The van der Waals surface area contributed by atoms with Crippen LogP contribution in [0.25, 0.3) is 11.3 Å². The lowest BCUT2D eigenvalue weighted by molar-refractivity contribution is -0.133. The summed E-state index contributed by atoms with van der Waals surface area (Å²) in [4.78, 5) is 16.7. The van der Waals surface area contributed by atoms with Gasteiger partial charge in [-0.15, -0.1) is 0 Å². The van der Waals surface area contributed by atoms with E-state index >= 15 is 0 Å². The Labute approximate surface area is 146 Å². The monoisotopic (exact) mass is 433 g/mol. The average molecular weight is 434 g/mol.